The highest BCUT2D eigenvalue weighted by molar-refractivity contribution is 5.82. The third-order valence-electron chi connectivity index (χ3n) is 5.46. The van der Waals surface area contributed by atoms with E-state index in [9.17, 15) is 4.79 Å². The van der Waals surface area contributed by atoms with E-state index in [0.29, 0.717) is 12.5 Å². The predicted molar refractivity (Wildman–Crippen MR) is 106 cm³/mol. The first-order valence-electron chi connectivity index (χ1n) is 9.57. The highest BCUT2D eigenvalue weighted by Crippen LogP contribution is 2.37. The molecule has 0 spiro atoms. The van der Waals surface area contributed by atoms with Crippen molar-refractivity contribution >= 4 is 16.8 Å². The summed E-state index contributed by atoms with van der Waals surface area (Å²) >= 11 is 0. The number of hydrogen-bond donors (Lipinski definition) is 1. The van der Waals surface area contributed by atoms with Crippen LogP contribution in [0.2, 0.25) is 0 Å². The molecule has 3 aromatic rings. The Labute approximate surface area is 159 Å². The van der Waals surface area contributed by atoms with Crippen molar-refractivity contribution in [2.75, 3.05) is 0 Å². The van der Waals surface area contributed by atoms with Crippen LogP contribution in [0.1, 0.15) is 42.9 Å². The molecule has 1 unspecified atom stereocenters. The van der Waals surface area contributed by atoms with Gasteiger partial charge in [-0.2, -0.15) is 0 Å². The number of nitrogens with zero attached hydrogens (tertiary/aromatic N) is 1. The van der Waals surface area contributed by atoms with Crippen LogP contribution >= 0.6 is 0 Å². The maximum absolute atomic E-state index is 12.0. The monoisotopic (exact) mass is 360 g/mol. The Morgan fingerprint density at radius 3 is 2.52 bits per heavy atom. The van der Waals surface area contributed by atoms with Crippen molar-refractivity contribution in [3.8, 4) is 5.75 Å². The van der Waals surface area contributed by atoms with Crippen LogP contribution in [0.25, 0.3) is 10.9 Å². The second-order valence-electron chi connectivity index (χ2n) is 7.28. The van der Waals surface area contributed by atoms with Crippen LogP contribution in [0.3, 0.4) is 0 Å². The van der Waals surface area contributed by atoms with E-state index in [1.165, 1.54) is 12.8 Å². The highest BCUT2D eigenvalue weighted by Gasteiger charge is 2.30. The number of pyridine rings is 1. The van der Waals surface area contributed by atoms with E-state index >= 15 is 0 Å². The first-order chi connectivity index (χ1) is 13.2. The molecule has 2 aromatic carbocycles. The van der Waals surface area contributed by atoms with Crippen LogP contribution in [-0.2, 0) is 11.4 Å². The van der Waals surface area contributed by atoms with E-state index in [0.717, 1.165) is 40.8 Å². The lowest BCUT2D eigenvalue weighted by atomic mass is 9.84. The molecule has 1 fully saturated rings. The molecule has 0 bridgehead atoms. The molecule has 0 aliphatic heterocycles. The summed E-state index contributed by atoms with van der Waals surface area (Å²) < 4.78 is 5.88. The fraction of sp³-hybridized carbons (Fsp3) is 0.304. The Balaban J connectivity index is 1.44. The van der Waals surface area contributed by atoms with Crippen LogP contribution in [0.4, 0.5) is 0 Å². The van der Waals surface area contributed by atoms with E-state index in [-0.39, 0.29) is 11.8 Å². The predicted octanol–water partition coefficient (Wildman–Crippen LogP) is 4.57. The third kappa shape index (κ3) is 3.95. The molecule has 4 heteroatoms. The molecule has 1 heterocycles. The normalized spacial score (nSPS) is 15.7. The maximum atomic E-state index is 12.0. The summed E-state index contributed by atoms with van der Waals surface area (Å²) in [6.45, 7) is 0.409. The van der Waals surface area contributed by atoms with Gasteiger partial charge in [0.1, 0.15) is 12.4 Å². The second kappa shape index (κ2) is 7.78. The SMILES string of the molecule is NC(=O)C(c1ccc(OCc2ccc3ccccc3n2)cc1)C1CCCC1. The average molecular weight is 360 g/mol. The number of carbonyl (C=O) groups excluding carboxylic acids is 1. The molecular weight excluding hydrogens is 336 g/mol. The van der Waals surface area contributed by atoms with Gasteiger partial charge in [0.2, 0.25) is 5.91 Å². The summed E-state index contributed by atoms with van der Waals surface area (Å²) in [4.78, 5) is 16.6. The number of primary amides is 1. The zero-order valence-corrected chi connectivity index (χ0v) is 15.3. The molecule has 1 saturated carbocycles. The van der Waals surface area contributed by atoms with Crippen LogP contribution in [0.15, 0.2) is 60.7 Å². The number of benzene rings is 2. The lowest BCUT2D eigenvalue weighted by Gasteiger charge is -2.20. The van der Waals surface area contributed by atoms with Crippen molar-refractivity contribution in [1.29, 1.82) is 0 Å². The molecule has 0 saturated heterocycles. The molecule has 1 aromatic heterocycles. The Bertz CT molecular complexity index is 931. The zero-order valence-electron chi connectivity index (χ0n) is 15.3. The van der Waals surface area contributed by atoms with Crippen molar-refractivity contribution in [1.82, 2.24) is 4.98 Å². The van der Waals surface area contributed by atoms with Crippen LogP contribution in [-0.4, -0.2) is 10.9 Å². The van der Waals surface area contributed by atoms with E-state index in [4.69, 9.17) is 10.5 Å². The standard InChI is InChI=1S/C23H24N2O2/c24-23(26)22(17-6-1-2-7-17)18-10-13-20(14-11-18)27-15-19-12-9-16-5-3-4-8-21(16)25-19/h3-5,8-14,17,22H,1-2,6-7,15H2,(H2,24,26). The molecule has 138 valence electrons. The van der Waals surface area contributed by atoms with Gasteiger partial charge in [-0.15, -0.1) is 0 Å². The van der Waals surface area contributed by atoms with Crippen LogP contribution in [0, 0.1) is 5.92 Å². The molecule has 0 radical (unpaired) electrons. The second-order valence-corrected chi connectivity index (χ2v) is 7.28. The summed E-state index contributed by atoms with van der Waals surface area (Å²) in [7, 11) is 0. The first-order valence-corrected chi connectivity index (χ1v) is 9.57. The third-order valence-corrected chi connectivity index (χ3v) is 5.46. The van der Waals surface area contributed by atoms with Gasteiger partial charge in [-0.1, -0.05) is 49.2 Å². The van der Waals surface area contributed by atoms with E-state index < -0.39 is 0 Å². The molecule has 4 rings (SSSR count). The Morgan fingerprint density at radius 2 is 1.78 bits per heavy atom. The number of hydrogen-bond acceptors (Lipinski definition) is 3. The number of rotatable bonds is 6. The minimum absolute atomic E-state index is 0.191. The molecular formula is C23H24N2O2. The summed E-state index contributed by atoms with van der Waals surface area (Å²) in [5, 5.41) is 1.12. The molecule has 2 N–H and O–H groups in total. The number of amides is 1. The smallest absolute Gasteiger partial charge is 0.225 e. The van der Waals surface area contributed by atoms with Crippen molar-refractivity contribution in [2.24, 2.45) is 11.7 Å². The van der Waals surface area contributed by atoms with Gasteiger partial charge in [-0.05, 0) is 48.6 Å². The summed E-state index contributed by atoms with van der Waals surface area (Å²) in [6.07, 6.45) is 4.54. The van der Waals surface area contributed by atoms with Gasteiger partial charge in [0.05, 0.1) is 17.1 Å². The van der Waals surface area contributed by atoms with Gasteiger partial charge in [-0.3, -0.25) is 4.79 Å². The van der Waals surface area contributed by atoms with E-state index in [1.807, 2.05) is 54.6 Å². The summed E-state index contributed by atoms with van der Waals surface area (Å²) in [5.74, 6) is 0.721. The number of ether oxygens (including phenoxy) is 1. The molecule has 4 nitrogen and oxygen atoms in total. The maximum Gasteiger partial charge on any atom is 0.225 e. The van der Waals surface area contributed by atoms with Crippen molar-refractivity contribution in [2.45, 2.75) is 38.2 Å². The van der Waals surface area contributed by atoms with Gasteiger partial charge in [0, 0.05) is 5.39 Å². The van der Waals surface area contributed by atoms with Crippen molar-refractivity contribution in [3.05, 3.63) is 71.9 Å². The highest BCUT2D eigenvalue weighted by atomic mass is 16.5. The topological polar surface area (TPSA) is 65.2 Å². The zero-order chi connectivity index (χ0) is 18.6. The number of fused-ring (bicyclic) bond motifs is 1. The fourth-order valence-electron chi connectivity index (χ4n) is 4.08. The van der Waals surface area contributed by atoms with Gasteiger partial charge in [0.15, 0.2) is 0 Å². The number of carbonyl (C=O) groups is 1. The van der Waals surface area contributed by atoms with Crippen LogP contribution in [0.5, 0.6) is 5.75 Å². The minimum atomic E-state index is -0.226. The number of aromatic nitrogens is 1. The lowest BCUT2D eigenvalue weighted by molar-refractivity contribution is -0.120. The molecule has 1 aliphatic carbocycles. The molecule has 1 amide bonds. The van der Waals surface area contributed by atoms with Crippen molar-refractivity contribution < 1.29 is 9.53 Å². The van der Waals surface area contributed by atoms with Gasteiger partial charge < -0.3 is 10.5 Å². The Kier molecular flexibility index (Phi) is 5.05. The lowest BCUT2D eigenvalue weighted by Crippen LogP contribution is -2.26. The minimum Gasteiger partial charge on any atom is -0.487 e. The van der Waals surface area contributed by atoms with Gasteiger partial charge in [0.25, 0.3) is 0 Å². The number of nitrogens with two attached hydrogens (primary N) is 1. The first kappa shape index (κ1) is 17.5. The van der Waals surface area contributed by atoms with E-state index in [1.54, 1.807) is 0 Å². The molecule has 27 heavy (non-hydrogen) atoms. The van der Waals surface area contributed by atoms with Crippen molar-refractivity contribution in [3.63, 3.8) is 0 Å². The molecule has 1 aliphatic rings. The summed E-state index contributed by atoms with van der Waals surface area (Å²) in [6, 6.07) is 19.9. The summed E-state index contributed by atoms with van der Waals surface area (Å²) in [5.41, 5.74) is 8.53. The molecule has 1 atom stereocenters. The largest absolute Gasteiger partial charge is 0.487 e. The fourth-order valence-corrected chi connectivity index (χ4v) is 4.08. The quantitative estimate of drug-likeness (QED) is 0.700. The average Bonchev–Trinajstić information content (AvgIpc) is 3.21. The number of para-hydroxylation sites is 1. The Hall–Kier alpha value is -2.88. The van der Waals surface area contributed by atoms with Gasteiger partial charge in [-0.25, -0.2) is 4.98 Å². The van der Waals surface area contributed by atoms with Crippen LogP contribution < -0.4 is 10.5 Å². The van der Waals surface area contributed by atoms with Gasteiger partial charge >= 0.3 is 0 Å². The Morgan fingerprint density at radius 1 is 1.04 bits per heavy atom. The van der Waals surface area contributed by atoms with E-state index in [2.05, 4.69) is 11.1 Å².